The molecule has 0 N–H and O–H groups in total. The molecule has 76 valence electrons. The maximum atomic E-state index is 5.65. The van der Waals surface area contributed by atoms with Crippen molar-refractivity contribution in [1.82, 2.24) is 0 Å². The van der Waals surface area contributed by atoms with Crippen LogP contribution in [0.15, 0.2) is 30.3 Å². The van der Waals surface area contributed by atoms with Gasteiger partial charge in [0.2, 0.25) is 0 Å². The number of hydrogen-bond acceptors (Lipinski definition) is 0. The van der Waals surface area contributed by atoms with Crippen LogP contribution in [0.1, 0.15) is 31.4 Å². The Balaban J connectivity index is 2.84. The van der Waals surface area contributed by atoms with E-state index in [1.54, 1.807) is 0 Å². The fourth-order valence-electron chi connectivity index (χ4n) is 1.43. The van der Waals surface area contributed by atoms with Crippen LogP contribution in [0, 0.1) is 0 Å². The second kappa shape index (κ2) is 5.87. The summed E-state index contributed by atoms with van der Waals surface area (Å²) < 4.78 is 0. The maximum Gasteiger partial charge on any atom is 0.0258 e. The molecular weight excluding hydrogens is 192 g/mol. The van der Waals surface area contributed by atoms with E-state index in [0.29, 0.717) is 5.88 Å². The SMILES string of the molecule is CCc1cccc(/C(C)=C/CCCl)c1. The molecule has 0 spiro atoms. The number of allylic oxidation sites excluding steroid dienone is 2. The van der Waals surface area contributed by atoms with E-state index in [9.17, 15) is 0 Å². The third-order valence-corrected chi connectivity index (χ3v) is 2.57. The van der Waals surface area contributed by atoms with Crippen molar-refractivity contribution in [2.75, 3.05) is 5.88 Å². The van der Waals surface area contributed by atoms with Gasteiger partial charge in [-0.2, -0.15) is 0 Å². The topological polar surface area (TPSA) is 0 Å². The monoisotopic (exact) mass is 208 g/mol. The predicted molar refractivity (Wildman–Crippen MR) is 64.8 cm³/mol. The van der Waals surface area contributed by atoms with Gasteiger partial charge in [-0.3, -0.25) is 0 Å². The van der Waals surface area contributed by atoms with Crippen LogP contribution in [-0.2, 0) is 6.42 Å². The Morgan fingerprint density at radius 2 is 2.21 bits per heavy atom. The number of halogens is 1. The van der Waals surface area contributed by atoms with Gasteiger partial charge in [-0.05, 0) is 36.5 Å². The van der Waals surface area contributed by atoms with E-state index in [4.69, 9.17) is 11.6 Å². The van der Waals surface area contributed by atoms with Crippen LogP contribution in [0.3, 0.4) is 0 Å². The highest BCUT2D eigenvalue weighted by molar-refractivity contribution is 6.17. The molecule has 0 radical (unpaired) electrons. The standard InChI is InChI=1S/C13H17Cl/c1-3-12-7-4-8-13(10-12)11(2)6-5-9-14/h4,6-8,10H,3,5,9H2,1-2H3/b11-6+. The Bertz CT molecular complexity index is 313. The fraction of sp³-hybridized carbons (Fsp3) is 0.385. The average molecular weight is 209 g/mol. The summed E-state index contributed by atoms with van der Waals surface area (Å²) in [5.41, 5.74) is 4.02. The summed E-state index contributed by atoms with van der Waals surface area (Å²) >= 11 is 5.65. The van der Waals surface area contributed by atoms with E-state index in [0.717, 1.165) is 12.8 Å². The minimum absolute atomic E-state index is 0.699. The molecule has 1 heteroatoms. The number of aryl methyl sites for hydroxylation is 1. The largest absolute Gasteiger partial charge is 0.126 e. The number of hydrogen-bond donors (Lipinski definition) is 0. The molecule has 0 fully saturated rings. The van der Waals surface area contributed by atoms with Crippen LogP contribution < -0.4 is 0 Å². The first-order chi connectivity index (χ1) is 6.77. The second-order valence-corrected chi connectivity index (χ2v) is 3.80. The minimum Gasteiger partial charge on any atom is -0.126 e. The Morgan fingerprint density at radius 3 is 2.86 bits per heavy atom. The van der Waals surface area contributed by atoms with Gasteiger partial charge in [-0.1, -0.05) is 37.3 Å². The molecule has 0 saturated heterocycles. The van der Waals surface area contributed by atoms with Crippen LogP contribution in [0.5, 0.6) is 0 Å². The molecule has 1 aromatic carbocycles. The molecule has 0 aliphatic carbocycles. The van der Waals surface area contributed by atoms with Gasteiger partial charge in [0, 0.05) is 5.88 Å². The zero-order chi connectivity index (χ0) is 10.4. The second-order valence-electron chi connectivity index (χ2n) is 3.42. The Kier molecular flexibility index (Phi) is 4.75. The van der Waals surface area contributed by atoms with Gasteiger partial charge in [-0.25, -0.2) is 0 Å². The van der Waals surface area contributed by atoms with Crippen molar-refractivity contribution in [2.24, 2.45) is 0 Å². The molecular formula is C13H17Cl. The highest BCUT2D eigenvalue weighted by Crippen LogP contribution is 2.16. The van der Waals surface area contributed by atoms with Gasteiger partial charge in [0.05, 0.1) is 0 Å². The van der Waals surface area contributed by atoms with Crippen molar-refractivity contribution in [3.63, 3.8) is 0 Å². The molecule has 1 aromatic rings. The van der Waals surface area contributed by atoms with Gasteiger partial charge in [0.15, 0.2) is 0 Å². The third kappa shape index (κ3) is 3.19. The van der Waals surface area contributed by atoms with Crippen molar-refractivity contribution < 1.29 is 0 Å². The molecule has 0 nitrogen and oxygen atoms in total. The van der Waals surface area contributed by atoms with E-state index in [1.165, 1.54) is 16.7 Å². The predicted octanol–water partition coefficient (Wildman–Crippen LogP) is 4.28. The van der Waals surface area contributed by atoms with Gasteiger partial charge in [-0.15, -0.1) is 11.6 Å². The quantitative estimate of drug-likeness (QED) is 0.648. The summed E-state index contributed by atoms with van der Waals surface area (Å²) in [4.78, 5) is 0. The van der Waals surface area contributed by atoms with Crippen LogP contribution in [0.25, 0.3) is 5.57 Å². The molecule has 0 amide bonds. The lowest BCUT2D eigenvalue weighted by atomic mass is 10.0. The fourth-order valence-corrected chi connectivity index (χ4v) is 1.53. The Labute approximate surface area is 91.6 Å². The van der Waals surface area contributed by atoms with E-state index in [2.05, 4.69) is 44.2 Å². The lowest BCUT2D eigenvalue weighted by molar-refractivity contribution is 1.14. The summed E-state index contributed by atoms with van der Waals surface area (Å²) in [5, 5.41) is 0. The highest BCUT2D eigenvalue weighted by Gasteiger charge is 1.96. The number of benzene rings is 1. The summed E-state index contributed by atoms with van der Waals surface area (Å²) in [6, 6.07) is 8.68. The first-order valence-electron chi connectivity index (χ1n) is 5.10. The zero-order valence-corrected chi connectivity index (χ0v) is 9.64. The summed E-state index contributed by atoms with van der Waals surface area (Å²) in [5.74, 6) is 0.699. The van der Waals surface area contributed by atoms with Gasteiger partial charge in [0.1, 0.15) is 0 Å². The van der Waals surface area contributed by atoms with Crippen LogP contribution in [-0.4, -0.2) is 5.88 Å². The molecule has 0 aliphatic heterocycles. The van der Waals surface area contributed by atoms with Crippen molar-refractivity contribution in [1.29, 1.82) is 0 Å². The third-order valence-electron chi connectivity index (χ3n) is 2.35. The van der Waals surface area contributed by atoms with Crippen molar-refractivity contribution in [2.45, 2.75) is 26.7 Å². The highest BCUT2D eigenvalue weighted by atomic mass is 35.5. The first kappa shape index (κ1) is 11.3. The Hall–Kier alpha value is -0.750. The van der Waals surface area contributed by atoms with Crippen molar-refractivity contribution >= 4 is 17.2 Å². The molecule has 0 atom stereocenters. The molecule has 1 rings (SSSR count). The summed E-state index contributed by atoms with van der Waals surface area (Å²) in [7, 11) is 0. The normalized spacial score (nSPS) is 11.8. The van der Waals surface area contributed by atoms with E-state index < -0.39 is 0 Å². The van der Waals surface area contributed by atoms with Crippen molar-refractivity contribution in [3.05, 3.63) is 41.5 Å². The van der Waals surface area contributed by atoms with Gasteiger partial charge in [0.25, 0.3) is 0 Å². The lowest BCUT2D eigenvalue weighted by Gasteiger charge is -2.03. The van der Waals surface area contributed by atoms with Crippen LogP contribution >= 0.6 is 11.6 Å². The molecule has 0 aromatic heterocycles. The smallest absolute Gasteiger partial charge is 0.0258 e. The molecule has 0 aliphatic rings. The van der Waals surface area contributed by atoms with E-state index in [1.807, 2.05) is 0 Å². The van der Waals surface area contributed by atoms with Gasteiger partial charge < -0.3 is 0 Å². The molecule has 14 heavy (non-hydrogen) atoms. The lowest BCUT2D eigenvalue weighted by Crippen LogP contribution is -1.84. The average Bonchev–Trinajstić information content (AvgIpc) is 2.26. The molecule has 0 bridgehead atoms. The molecule has 0 heterocycles. The zero-order valence-electron chi connectivity index (χ0n) is 8.89. The van der Waals surface area contributed by atoms with Crippen molar-refractivity contribution in [3.8, 4) is 0 Å². The van der Waals surface area contributed by atoms with E-state index in [-0.39, 0.29) is 0 Å². The van der Waals surface area contributed by atoms with Gasteiger partial charge >= 0.3 is 0 Å². The number of rotatable bonds is 4. The van der Waals surface area contributed by atoms with Crippen LogP contribution in [0.2, 0.25) is 0 Å². The first-order valence-corrected chi connectivity index (χ1v) is 5.63. The van der Waals surface area contributed by atoms with Crippen LogP contribution in [0.4, 0.5) is 0 Å². The Morgan fingerprint density at radius 1 is 1.43 bits per heavy atom. The van der Waals surface area contributed by atoms with E-state index >= 15 is 0 Å². The maximum absolute atomic E-state index is 5.65. The molecule has 0 unspecified atom stereocenters. The number of alkyl halides is 1. The minimum atomic E-state index is 0.699. The summed E-state index contributed by atoms with van der Waals surface area (Å²) in [6.45, 7) is 4.32. The summed E-state index contributed by atoms with van der Waals surface area (Å²) in [6.07, 6.45) is 4.24. The molecule has 0 saturated carbocycles.